The number of aromatic nitrogens is 2. The predicted octanol–water partition coefficient (Wildman–Crippen LogP) is 3.56. The summed E-state index contributed by atoms with van der Waals surface area (Å²) in [4.78, 5) is 16.9. The van der Waals surface area contributed by atoms with Crippen molar-refractivity contribution < 1.29 is 13.2 Å². The lowest BCUT2D eigenvalue weighted by Crippen LogP contribution is -2.30. The van der Waals surface area contributed by atoms with E-state index in [4.69, 9.17) is 4.74 Å². The zero-order chi connectivity index (χ0) is 23.3. The Morgan fingerprint density at radius 1 is 0.879 bits per heavy atom. The average Bonchev–Trinajstić information content (AvgIpc) is 2.85. The van der Waals surface area contributed by atoms with Gasteiger partial charge in [0, 0.05) is 24.7 Å². The van der Waals surface area contributed by atoms with E-state index in [1.54, 1.807) is 43.5 Å². The Labute approximate surface area is 192 Å². The molecular weight excluding hydrogens is 438 g/mol. The van der Waals surface area contributed by atoms with Crippen molar-refractivity contribution in [2.24, 2.45) is 0 Å². The fraction of sp³-hybridized carbons (Fsp3) is 0.120. The van der Waals surface area contributed by atoms with Gasteiger partial charge < -0.3 is 4.74 Å². The highest BCUT2D eigenvalue weighted by molar-refractivity contribution is 7.89. The number of methoxy groups -OCH3 is 1. The minimum Gasteiger partial charge on any atom is -0.497 e. The molecule has 0 spiro atoms. The summed E-state index contributed by atoms with van der Waals surface area (Å²) < 4.78 is 34.3. The van der Waals surface area contributed by atoms with E-state index in [0.29, 0.717) is 11.4 Å². The molecule has 168 valence electrons. The van der Waals surface area contributed by atoms with Crippen molar-refractivity contribution in [1.82, 2.24) is 14.3 Å². The van der Waals surface area contributed by atoms with Gasteiger partial charge in [-0.3, -0.25) is 9.36 Å². The lowest BCUT2D eigenvalue weighted by Gasteiger charge is -2.10. The first-order valence-corrected chi connectivity index (χ1v) is 11.8. The van der Waals surface area contributed by atoms with Gasteiger partial charge in [0.25, 0.3) is 5.56 Å². The third kappa shape index (κ3) is 5.36. The minimum atomic E-state index is -3.70. The average molecular weight is 462 g/mol. The Balaban J connectivity index is 1.39. The van der Waals surface area contributed by atoms with Crippen LogP contribution in [0.3, 0.4) is 0 Å². The van der Waals surface area contributed by atoms with Gasteiger partial charge in [0.2, 0.25) is 10.0 Å². The summed E-state index contributed by atoms with van der Waals surface area (Å²) in [6.45, 7) is 0.224. The number of hydrogen-bond donors (Lipinski definition) is 1. The number of rotatable bonds is 8. The second-order valence-electron chi connectivity index (χ2n) is 7.32. The van der Waals surface area contributed by atoms with Crippen LogP contribution in [-0.4, -0.2) is 31.6 Å². The Bertz CT molecular complexity index is 1380. The summed E-state index contributed by atoms with van der Waals surface area (Å²) in [5.41, 5.74) is 3.02. The van der Waals surface area contributed by atoms with E-state index in [1.807, 2.05) is 42.5 Å². The van der Waals surface area contributed by atoms with Crippen molar-refractivity contribution >= 4 is 10.0 Å². The predicted molar refractivity (Wildman–Crippen MR) is 128 cm³/mol. The summed E-state index contributed by atoms with van der Waals surface area (Å²) >= 11 is 0. The van der Waals surface area contributed by atoms with Crippen LogP contribution in [0, 0.1) is 0 Å². The van der Waals surface area contributed by atoms with E-state index >= 15 is 0 Å². The van der Waals surface area contributed by atoms with Crippen LogP contribution in [0.1, 0.15) is 0 Å². The number of benzene rings is 3. The fourth-order valence-electron chi connectivity index (χ4n) is 3.35. The first kappa shape index (κ1) is 22.4. The van der Waals surface area contributed by atoms with Crippen molar-refractivity contribution in [3.8, 4) is 28.1 Å². The van der Waals surface area contributed by atoms with Crippen LogP contribution in [0.2, 0.25) is 0 Å². The van der Waals surface area contributed by atoms with Crippen molar-refractivity contribution in [2.75, 3.05) is 13.7 Å². The van der Waals surface area contributed by atoms with Crippen LogP contribution >= 0.6 is 0 Å². The van der Waals surface area contributed by atoms with Crippen LogP contribution < -0.4 is 15.0 Å². The van der Waals surface area contributed by atoms with E-state index in [2.05, 4.69) is 9.71 Å². The maximum Gasteiger partial charge on any atom is 0.253 e. The van der Waals surface area contributed by atoms with Crippen LogP contribution in [0.4, 0.5) is 0 Å². The van der Waals surface area contributed by atoms with E-state index in [-0.39, 0.29) is 23.5 Å². The number of sulfonamides is 1. The molecule has 0 aliphatic carbocycles. The first-order valence-electron chi connectivity index (χ1n) is 10.3. The largest absolute Gasteiger partial charge is 0.497 e. The molecular formula is C25H23N3O4S. The molecule has 0 amide bonds. The lowest BCUT2D eigenvalue weighted by molar-refractivity contribution is 0.415. The van der Waals surface area contributed by atoms with Crippen LogP contribution in [0.5, 0.6) is 5.75 Å². The number of nitrogens with zero attached hydrogens (tertiary/aromatic N) is 2. The van der Waals surface area contributed by atoms with E-state index < -0.39 is 10.0 Å². The summed E-state index contributed by atoms with van der Waals surface area (Å²) in [5.74, 6) is 0.717. The minimum absolute atomic E-state index is 0.0617. The third-order valence-electron chi connectivity index (χ3n) is 5.18. The highest BCUT2D eigenvalue weighted by Crippen LogP contribution is 2.21. The molecule has 0 saturated heterocycles. The molecule has 0 fully saturated rings. The standard InChI is InChI=1S/C25H23N3O4S/c1-32-22-11-7-21(8-12-22)24-17-25(29)28(18-26-24)16-15-27-33(30,31)23-13-9-20(10-14-23)19-5-3-2-4-6-19/h2-14,17-18,27H,15-16H2,1H3. The molecule has 1 aromatic heterocycles. The van der Waals surface area contributed by atoms with Crippen molar-refractivity contribution in [3.05, 3.63) is 102 Å². The molecule has 0 aliphatic heterocycles. The second-order valence-corrected chi connectivity index (χ2v) is 9.09. The van der Waals surface area contributed by atoms with Gasteiger partial charge in [-0.25, -0.2) is 18.1 Å². The van der Waals surface area contributed by atoms with Crippen LogP contribution in [-0.2, 0) is 16.6 Å². The molecule has 3 aromatic carbocycles. The molecule has 1 N–H and O–H groups in total. The molecule has 0 saturated carbocycles. The molecule has 0 atom stereocenters. The van der Waals surface area contributed by atoms with Gasteiger partial charge in [0.15, 0.2) is 0 Å². The van der Waals surface area contributed by atoms with Gasteiger partial charge in [-0.05, 0) is 47.5 Å². The smallest absolute Gasteiger partial charge is 0.253 e. The molecule has 0 unspecified atom stereocenters. The zero-order valence-electron chi connectivity index (χ0n) is 18.0. The maximum absolute atomic E-state index is 12.6. The Morgan fingerprint density at radius 3 is 2.15 bits per heavy atom. The van der Waals surface area contributed by atoms with Gasteiger partial charge in [0.05, 0.1) is 24.0 Å². The van der Waals surface area contributed by atoms with Crippen molar-refractivity contribution in [1.29, 1.82) is 0 Å². The molecule has 4 rings (SSSR count). The van der Waals surface area contributed by atoms with Gasteiger partial charge >= 0.3 is 0 Å². The molecule has 0 bridgehead atoms. The van der Waals surface area contributed by atoms with Crippen LogP contribution in [0.25, 0.3) is 22.4 Å². The summed E-state index contributed by atoms with van der Waals surface area (Å²) in [6.07, 6.45) is 1.42. The summed E-state index contributed by atoms with van der Waals surface area (Å²) in [6, 6.07) is 25.1. The zero-order valence-corrected chi connectivity index (χ0v) is 18.8. The number of ether oxygens (including phenoxy) is 1. The topological polar surface area (TPSA) is 90.3 Å². The van der Waals surface area contributed by atoms with Crippen molar-refractivity contribution in [2.45, 2.75) is 11.4 Å². The number of nitrogens with one attached hydrogen (secondary N) is 1. The molecule has 4 aromatic rings. The van der Waals surface area contributed by atoms with Gasteiger partial charge in [0.1, 0.15) is 5.75 Å². The summed E-state index contributed by atoms with van der Waals surface area (Å²) in [5, 5.41) is 0. The molecule has 1 heterocycles. The van der Waals surface area contributed by atoms with E-state index in [0.717, 1.165) is 16.7 Å². The molecule has 0 radical (unpaired) electrons. The van der Waals surface area contributed by atoms with E-state index in [1.165, 1.54) is 17.0 Å². The van der Waals surface area contributed by atoms with Gasteiger partial charge in [-0.2, -0.15) is 0 Å². The Kier molecular flexibility index (Phi) is 6.67. The fourth-order valence-corrected chi connectivity index (χ4v) is 4.38. The van der Waals surface area contributed by atoms with E-state index in [9.17, 15) is 13.2 Å². The number of hydrogen-bond acceptors (Lipinski definition) is 5. The quantitative estimate of drug-likeness (QED) is 0.433. The van der Waals surface area contributed by atoms with Crippen LogP contribution in [0.15, 0.2) is 101 Å². The summed E-state index contributed by atoms with van der Waals surface area (Å²) in [7, 11) is -2.11. The molecule has 0 aliphatic rings. The highest BCUT2D eigenvalue weighted by atomic mass is 32.2. The Hall–Kier alpha value is -3.75. The third-order valence-corrected chi connectivity index (χ3v) is 6.66. The molecule has 33 heavy (non-hydrogen) atoms. The lowest BCUT2D eigenvalue weighted by atomic mass is 10.1. The first-order chi connectivity index (χ1) is 16.0. The highest BCUT2D eigenvalue weighted by Gasteiger charge is 2.14. The normalized spacial score (nSPS) is 11.3. The molecule has 7 nitrogen and oxygen atoms in total. The van der Waals surface area contributed by atoms with Gasteiger partial charge in [-0.15, -0.1) is 0 Å². The maximum atomic E-state index is 12.6. The molecule has 8 heteroatoms. The second kappa shape index (κ2) is 9.81. The monoisotopic (exact) mass is 461 g/mol. The Morgan fingerprint density at radius 2 is 1.52 bits per heavy atom. The van der Waals surface area contributed by atoms with Crippen molar-refractivity contribution in [3.63, 3.8) is 0 Å². The SMILES string of the molecule is COc1ccc(-c2cc(=O)n(CCNS(=O)(=O)c3ccc(-c4ccccc4)cc3)cn2)cc1. The van der Waals surface area contributed by atoms with Gasteiger partial charge in [-0.1, -0.05) is 42.5 Å².